The molecular weight excluding hydrogens is 591 g/mol. The second-order valence-electron chi connectivity index (χ2n) is 6.57. The first-order valence-corrected chi connectivity index (χ1v) is 16.7. The lowest BCUT2D eigenvalue weighted by atomic mass is 10.2. The molecule has 2 rings (SSSR count). The van der Waals surface area contributed by atoms with Gasteiger partial charge in [-0.2, -0.15) is 8.62 Å². The summed E-state index contributed by atoms with van der Waals surface area (Å²) in [5.41, 5.74) is 3.64. The third-order valence-electron chi connectivity index (χ3n) is 4.05. The van der Waals surface area contributed by atoms with E-state index in [9.17, 15) is 33.1 Å². The van der Waals surface area contributed by atoms with Gasteiger partial charge in [0.1, 0.15) is 23.8 Å². The Labute approximate surface area is 210 Å². The van der Waals surface area contributed by atoms with Crippen molar-refractivity contribution in [2.24, 2.45) is 5.73 Å². The van der Waals surface area contributed by atoms with Crippen LogP contribution in [0.15, 0.2) is 15.8 Å². The van der Waals surface area contributed by atoms with Crippen LogP contribution in [0, 0.1) is 11.8 Å². The highest BCUT2D eigenvalue weighted by molar-refractivity contribution is 8.76. The van der Waals surface area contributed by atoms with Crippen LogP contribution in [0.25, 0.3) is 0 Å². The number of nitrogens with one attached hydrogen (secondary N) is 1. The van der Waals surface area contributed by atoms with Gasteiger partial charge in [0, 0.05) is 12.6 Å². The predicted molar refractivity (Wildman–Crippen MR) is 126 cm³/mol. The number of phosphoric ester groups is 1. The normalized spacial score (nSPS) is 23.4. The molecule has 0 bridgehead atoms. The Hall–Kier alpha value is -0.770. The van der Waals surface area contributed by atoms with Gasteiger partial charge in [-0.05, 0) is 6.26 Å². The number of nitrogens with two attached hydrogens (primary N) is 1. The van der Waals surface area contributed by atoms with Crippen molar-refractivity contribution in [3.8, 4) is 11.8 Å². The highest BCUT2D eigenvalue weighted by Gasteiger charge is 2.43. The maximum absolute atomic E-state index is 12.3. The molecule has 0 amide bonds. The summed E-state index contributed by atoms with van der Waals surface area (Å²) < 4.78 is 58.6. The standard InChI is InChI=1S/C14H22N3O14P3S2/c1-35-36-8-27-10-5-12(17-6-9(3-2-4-15)13(18)16-14(17)19)29-11(10)7-28-33(23,24)31-34(25,26)30-32(20,21)22/h6,10-12H,4-5,7-8,15H2,1H3,(H,23,24)(H,25,26)(H,16,18,19)(H2,20,21,22)/t10?,11?,12-/m1/s1. The van der Waals surface area contributed by atoms with Crippen LogP contribution in [0.4, 0.5) is 0 Å². The van der Waals surface area contributed by atoms with Crippen LogP contribution in [0.3, 0.4) is 0 Å². The summed E-state index contributed by atoms with van der Waals surface area (Å²) in [4.78, 5) is 62.5. The van der Waals surface area contributed by atoms with Crippen molar-refractivity contribution >= 4 is 45.1 Å². The molecule has 7 N–H and O–H groups in total. The Balaban J connectivity index is 2.21. The summed E-state index contributed by atoms with van der Waals surface area (Å²) in [6, 6.07) is 0. The van der Waals surface area contributed by atoms with Gasteiger partial charge in [-0.1, -0.05) is 33.4 Å². The molecule has 0 radical (unpaired) electrons. The minimum Gasteiger partial charge on any atom is -0.364 e. The summed E-state index contributed by atoms with van der Waals surface area (Å²) in [5, 5.41) is 0. The molecule has 1 fully saturated rings. The molecule has 1 aromatic rings. The van der Waals surface area contributed by atoms with E-state index in [1.807, 2.05) is 0 Å². The van der Waals surface area contributed by atoms with Gasteiger partial charge in [0.05, 0.1) is 19.3 Å². The number of ether oxygens (including phenoxy) is 2. The van der Waals surface area contributed by atoms with E-state index in [2.05, 4.69) is 30.0 Å². The third-order valence-corrected chi connectivity index (χ3v) is 9.32. The summed E-state index contributed by atoms with van der Waals surface area (Å²) in [7, 11) is -14.0. The number of rotatable bonds is 12. The average Bonchev–Trinajstić information content (AvgIpc) is 3.12. The van der Waals surface area contributed by atoms with Crippen LogP contribution < -0.4 is 17.0 Å². The first-order valence-electron chi connectivity index (χ1n) is 9.42. The topological polar surface area (TPSA) is 259 Å². The fourth-order valence-electron chi connectivity index (χ4n) is 2.77. The van der Waals surface area contributed by atoms with Crippen molar-refractivity contribution in [2.75, 3.05) is 25.3 Å². The van der Waals surface area contributed by atoms with E-state index in [0.29, 0.717) is 0 Å². The highest BCUT2D eigenvalue weighted by Crippen LogP contribution is 2.66. The van der Waals surface area contributed by atoms with Gasteiger partial charge in [0.2, 0.25) is 0 Å². The van der Waals surface area contributed by atoms with E-state index >= 15 is 0 Å². The maximum atomic E-state index is 12.3. The number of aromatic amines is 1. The van der Waals surface area contributed by atoms with Gasteiger partial charge in [0.15, 0.2) is 0 Å². The highest BCUT2D eigenvalue weighted by atomic mass is 33.1. The zero-order valence-electron chi connectivity index (χ0n) is 18.2. The SMILES string of the molecule is CSSCOC1C[C@H](n2cc(C#CCN)c(=O)[nH]c2=O)OC1COP(=O)(O)OP(=O)(O)OP(=O)(O)O. The van der Waals surface area contributed by atoms with Crippen molar-refractivity contribution in [3.05, 3.63) is 32.6 Å². The zero-order chi connectivity index (χ0) is 27.1. The first kappa shape index (κ1) is 31.4. The zero-order valence-corrected chi connectivity index (χ0v) is 22.5. The van der Waals surface area contributed by atoms with E-state index in [0.717, 1.165) is 10.8 Å². The van der Waals surface area contributed by atoms with Gasteiger partial charge in [-0.25, -0.2) is 18.5 Å². The Morgan fingerprint density at radius 1 is 1.22 bits per heavy atom. The lowest BCUT2D eigenvalue weighted by Gasteiger charge is -2.21. The van der Waals surface area contributed by atoms with E-state index in [1.165, 1.54) is 21.6 Å². The molecule has 2 heterocycles. The second-order valence-corrected chi connectivity index (χ2v) is 13.5. The first-order chi connectivity index (χ1) is 16.7. The smallest absolute Gasteiger partial charge is 0.364 e. The predicted octanol–water partition coefficient (Wildman–Crippen LogP) is -0.168. The van der Waals surface area contributed by atoms with Crippen molar-refractivity contribution in [3.63, 3.8) is 0 Å². The van der Waals surface area contributed by atoms with Crippen molar-refractivity contribution in [1.82, 2.24) is 9.55 Å². The van der Waals surface area contributed by atoms with Crippen molar-refractivity contribution in [1.29, 1.82) is 0 Å². The summed E-state index contributed by atoms with van der Waals surface area (Å²) in [5.74, 6) is 5.13. The van der Waals surface area contributed by atoms with Crippen LogP contribution in [0.2, 0.25) is 0 Å². The van der Waals surface area contributed by atoms with E-state index in [1.54, 1.807) is 6.26 Å². The molecule has 1 aliphatic heterocycles. The molecule has 4 unspecified atom stereocenters. The quantitative estimate of drug-likeness (QED) is 0.0588. The van der Waals surface area contributed by atoms with Gasteiger partial charge >= 0.3 is 29.2 Å². The molecule has 36 heavy (non-hydrogen) atoms. The molecule has 17 nitrogen and oxygen atoms in total. The summed E-state index contributed by atoms with van der Waals surface area (Å²) in [6.07, 6.45) is -0.0775. The van der Waals surface area contributed by atoms with E-state index in [-0.39, 0.29) is 24.5 Å². The van der Waals surface area contributed by atoms with Crippen molar-refractivity contribution in [2.45, 2.75) is 24.9 Å². The van der Waals surface area contributed by atoms with E-state index < -0.39 is 59.8 Å². The number of H-pyrrole nitrogens is 1. The molecule has 0 spiro atoms. The second kappa shape index (κ2) is 13.3. The minimum atomic E-state index is -5.70. The summed E-state index contributed by atoms with van der Waals surface area (Å²) >= 11 is 0. The monoisotopic (exact) mass is 613 g/mol. The Morgan fingerprint density at radius 3 is 2.53 bits per heavy atom. The van der Waals surface area contributed by atoms with Gasteiger partial charge < -0.3 is 34.8 Å². The van der Waals surface area contributed by atoms with Crippen LogP contribution >= 0.6 is 45.1 Å². The number of aromatic nitrogens is 2. The fraction of sp³-hybridized carbons (Fsp3) is 0.571. The molecule has 22 heteroatoms. The van der Waals surface area contributed by atoms with Crippen molar-refractivity contribution < 1.29 is 55.9 Å². The van der Waals surface area contributed by atoms with Crippen LogP contribution in [0.1, 0.15) is 18.2 Å². The third kappa shape index (κ3) is 10.2. The Kier molecular flexibility index (Phi) is 11.7. The maximum Gasteiger partial charge on any atom is 0.490 e. The summed E-state index contributed by atoms with van der Waals surface area (Å²) in [6.45, 7) is -0.823. The molecule has 204 valence electrons. The molecular formula is C14H22N3O14P3S2. The lowest BCUT2D eigenvalue weighted by Crippen LogP contribution is -2.33. The van der Waals surface area contributed by atoms with E-state index in [4.69, 9.17) is 25.0 Å². The van der Waals surface area contributed by atoms with Gasteiger partial charge in [0.25, 0.3) is 5.56 Å². The largest absolute Gasteiger partial charge is 0.490 e. The molecule has 1 aromatic heterocycles. The fourth-order valence-corrected chi connectivity index (χ4v) is 6.58. The lowest BCUT2D eigenvalue weighted by molar-refractivity contribution is -0.0543. The van der Waals surface area contributed by atoms with Crippen LogP contribution in [-0.4, -0.2) is 66.7 Å². The molecule has 0 aliphatic carbocycles. The number of phosphoric acid groups is 3. The average molecular weight is 613 g/mol. The molecule has 1 saturated heterocycles. The minimum absolute atomic E-state index is 0.00900. The van der Waals surface area contributed by atoms with Gasteiger partial charge in [-0.3, -0.25) is 18.9 Å². The van der Waals surface area contributed by atoms with Crippen LogP contribution in [-0.2, 0) is 36.3 Å². The molecule has 0 saturated carbocycles. The Morgan fingerprint density at radius 2 is 1.92 bits per heavy atom. The molecule has 1 aliphatic rings. The molecule has 0 aromatic carbocycles. The number of hydrogen-bond acceptors (Lipinski definition) is 13. The number of hydrogen-bond donors (Lipinski definition) is 6. The van der Waals surface area contributed by atoms with Gasteiger partial charge in [-0.15, -0.1) is 0 Å². The van der Waals surface area contributed by atoms with Crippen LogP contribution in [0.5, 0.6) is 0 Å². The Bertz CT molecular complexity index is 1240. The number of nitrogens with zero attached hydrogens (tertiary/aromatic N) is 1. The molecule has 5 atom stereocenters.